The molecule has 2 aromatic carbocycles. The van der Waals surface area contributed by atoms with Crippen molar-refractivity contribution in [3.05, 3.63) is 58.7 Å². The van der Waals surface area contributed by atoms with E-state index >= 15 is 0 Å². The summed E-state index contributed by atoms with van der Waals surface area (Å²) in [7, 11) is 8.53. The summed E-state index contributed by atoms with van der Waals surface area (Å²) in [5.41, 5.74) is 1.86. The number of methoxy groups -OCH3 is 3. The molecule has 1 aliphatic rings. The van der Waals surface area contributed by atoms with Crippen LogP contribution >= 0.6 is 0 Å². The van der Waals surface area contributed by atoms with E-state index in [1.165, 1.54) is 12.0 Å². The SMILES string of the molecule is COc1ccc(C2C(=C(O)c3ccc(OC)c(C)c3)C(=O)C(=O)N2CCCN(C)C)c(OC)c1. The maximum absolute atomic E-state index is 13.2. The maximum atomic E-state index is 13.2. The lowest BCUT2D eigenvalue weighted by atomic mass is 9.94. The lowest BCUT2D eigenvalue weighted by Crippen LogP contribution is -2.32. The van der Waals surface area contributed by atoms with Crippen LogP contribution in [0.3, 0.4) is 0 Å². The first-order valence-electron chi connectivity index (χ1n) is 11.0. The van der Waals surface area contributed by atoms with Gasteiger partial charge in [0.25, 0.3) is 11.7 Å². The molecule has 1 N–H and O–H groups in total. The van der Waals surface area contributed by atoms with Crippen molar-refractivity contribution in [1.82, 2.24) is 9.80 Å². The van der Waals surface area contributed by atoms with Crippen LogP contribution in [0.25, 0.3) is 5.76 Å². The number of likely N-dealkylation sites (tertiary alicyclic amines) is 1. The number of carbonyl (C=O) groups is 2. The van der Waals surface area contributed by atoms with Crippen LogP contribution in [0.4, 0.5) is 0 Å². The van der Waals surface area contributed by atoms with Crippen molar-refractivity contribution in [2.45, 2.75) is 19.4 Å². The van der Waals surface area contributed by atoms with Crippen LogP contribution in [0.15, 0.2) is 42.0 Å². The van der Waals surface area contributed by atoms with Crippen molar-refractivity contribution in [1.29, 1.82) is 0 Å². The summed E-state index contributed by atoms with van der Waals surface area (Å²) in [5, 5.41) is 11.3. The summed E-state index contributed by atoms with van der Waals surface area (Å²) in [6.07, 6.45) is 0.663. The molecule has 1 saturated heterocycles. The minimum absolute atomic E-state index is 0.0305. The zero-order valence-corrected chi connectivity index (χ0v) is 20.5. The predicted octanol–water partition coefficient (Wildman–Crippen LogP) is 3.39. The van der Waals surface area contributed by atoms with Crippen molar-refractivity contribution in [3.8, 4) is 17.2 Å². The van der Waals surface area contributed by atoms with E-state index in [9.17, 15) is 14.7 Å². The number of benzene rings is 2. The number of nitrogens with zero attached hydrogens (tertiary/aromatic N) is 2. The number of carbonyl (C=O) groups excluding carboxylic acids is 2. The molecular formula is C26H32N2O6. The second-order valence-electron chi connectivity index (χ2n) is 8.44. The highest BCUT2D eigenvalue weighted by Gasteiger charge is 2.46. The lowest BCUT2D eigenvalue weighted by molar-refractivity contribution is -0.140. The lowest BCUT2D eigenvalue weighted by Gasteiger charge is -2.27. The Kier molecular flexibility index (Phi) is 7.83. The fourth-order valence-corrected chi connectivity index (χ4v) is 4.22. The molecule has 1 amide bonds. The Hall–Kier alpha value is -3.52. The van der Waals surface area contributed by atoms with Crippen LogP contribution in [-0.2, 0) is 9.59 Å². The molecule has 8 heteroatoms. The number of hydrogen-bond acceptors (Lipinski definition) is 7. The largest absolute Gasteiger partial charge is 0.507 e. The summed E-state index contributed by atoms with van der Waals surface area (Å²) in [5.74, 6) is 0.0971. The summed E-state index contributed by atoms with van der Waals surface area (Å²) in [6.45, 7) is 2.94. The van der Waals surface area contributed by atoms with Gasteiger partial charge >= 0.3 is 0 Å². The molecule has 0 bridgehead atoms. The Bertz CT molecular complexity index is 1110. The van der Waals surface area contributed by atoms with Gasteiger partial charge in [0.15, 0.2) is 0 Å². The number of Topliss-reactive ketones (excluding diaryl/α,β-unsaturated/α-hetero) is 1. The highest BCUT2D eigenvalue weighted by atomic mass is 16.5. The van der Waals surface area contributed by atoms with Crippen molar-refractivity contribution in [2.24, 2.45) is 0 Å². The van der Waals surface area contributed by atoms with Crippen molar-refractivity contribution in [2.75, 3.05) is 48.5 Å². The molecule has 1 atom stereocenters. The molecule has 0 aliphatic carbocycles. The Morgan fingerprint density at radius 2 is 1.71 bits per heavy atom. The smallest absolute Gasteiger partial charge is 0.295 e. The van der Waals surface area contributed by atoms with Gasteiger partial charge in [-0.1, -0.05) is 0 Å². The number of amides is 1. The number of rotatable bonds is 9. The van der Waals surface area contributed by atoms with E-state index in [1.807, 2.05) is 25.9 Å². The summed E-state index contributed by atoms with van der Waals surface area (Å²) in [6, 6.07) is 9.53. The quantitative estimate of drug-likeness (QED) is 0.343. The van der Waals surface area contributed by atoms with E-state index in [1.54, 1.807) is 50.6 Å². The number of aliphatic hydroxyl groups excluding tert-OH is 1. The monoisotopic (exact) mass is 468 g/mol. The van der Waals surface area contributed by atoms with Crippen LogP contribution < -0.4 is 14.2 Å². The van der Waals surface area contributed by atoms with Gasteiger partial charge in [-0.05, 0) is 69.9 Å². The van der Waals surface area contributed by atoms with E-state index in [0.29, 0.717) is 41.3 Å². The van der Waals surface area contributed by atoms with E-state index in [4.69, 9.17) is 14.2 Å². The fraction of sp³-hybridized carbons (Fsp3) is 0.385. The average Bonchev–Trinajstić information content (AvgIpc) is 3.07. The topological polar surface area (TPSA) is 88.5 Å². The molecule has 34 heavy (non-hydrogen) atoms. The van der Waals surface area contributed by atoms with Gasteiger partial charge in [-0.2, -0.15) is 0 Å². The molecule has 0 radical (unpaired) electrons. The molecule has 3 rings (SSSR count). The summed E-state index contributed by atoms with van der Waals surface area (Å²) < 4.78 is 16.2. The van der Waals surface area contributed by atoms with Gasteiger partial charge in [-0.3, -0.25) is 9.59 Å². The average molecular weight is 469 g/mol. The normalized spacial score (nSPS) is 17.4. The molecule has 1 fully saturated rings. The molecular weight excluding hydrogens is 436 g/mol. The van der Waals surface area contributed by atoms with Gasteiger partial charge < -0.3 is 29.1 Å². The second kappa shape index (κ2) is 10.6. The molecule has 0 saturated carbocycles. The van der Waals surface area contributed by atoms with Gasteiger partial charge in [-0.25, -0.2) is 0 Å². The van der Waals surface area contributed by atoms with Crippen molar-refractivity contribution < 1.29 is 28.9 Å². The van der Waals surface area contributed by atoms with Crippen molar-refractivity contribution >= 4 is 17.4 Å². The molecule has 182 valence electrons. The molecule has 1 heterocycles. The highest BCUT2D eigenvalue weighted by molar-refractivity contribution is 6.46. The number of aryl methyl sites for hydroxylation is 1. The van der Waals surface area contributed by atoms with Crippen LogP contribution in [-0.4, -0.2) is 75.1 Å². The first-order valence-corrected chi connectivity index (χ1v) is 11.0. The van der Waals surface area contributed by atoms with E-state index in [2.05, 4.69) is 0 Å². The standard InChI is InChI=1S/C26H32N2O6/c1-16-14-17(8-11-20(16)33-5)24(29)22-23(19-10-9-18(32-4)15-21(19)34-6)28(26(31)25(22)30)13-7-12-27(2)3/h8-11,14-15,23,29H,7,12-13H2,1-6H3. The molecule has 8 nitrogen and oxygen atoms in total. The van der Waals surface area contributed by atoms with Crippen LogP contribution in [0.5, 0.6) is 17.2 Å². The second-order valence-corrected chi connectivity index (χ2v) is 8.44. The van der Waals surface area contributed by atoms with Gasteiger partial charge in [0.1, 0.15) is 23.0 Å². The zero-order chi connectivity index (χ0) is 25.0. The van der Waals surface area contributed by atoms with E-state index < -0.39 is 17.7 Å². The fourth-order valence-electron chi connectivity index (χ4n) is 4.22. The maximum Gasteiger partial charge on any atom is 0.295 e. The molecule has 0 aromatic heterocycles. The Morgan fingerprint density at radius 1 is 1.00 bits per heavy atom. The summed E-state index contributed by atoms with van der Waals surface area (Å²) in [4.78, 5) is 29.9. The molecule has 0 spiro atoms. The zero-order valence-electron chi connectivity index (χ0n) is 20.5. The van der Waals surface area contributed by atoms with E-state index in [-0.39, 0.29) is 11.3 Å². The third-order valence-corrected chi connectivity index (χ3v) is 5.95. The van der Waals surface area contributed by atoms with Crippen LogP contribution in [0.1, 0.15) is 29.2 Å². The molecule has 1 aliphatic heterocycles. The van der Waals surface area contributed by atoms with Gasteiger partial charge in [0.05, 0.1) is 32.9 Å². The Labute approximate surface area is 200 Å². The van der Waals surface area contributed by atoms with Crippen LogP contribution in [0.2, 0.25) is 0 Å². The Balaban J connectivity index is 2.18. The highest BCUT2D eigenvalue weighted by Crippen LogP contribution is 2.44. The van der Waals surface area contributed by atoms with Gasteiger partial charge in [-0.15, -0.1) is 0 Å². The molecule has 2 aromatic rings. The first kappa shape index (κ1) is 25.1. The number of ketones is 1. The number of hydrogen-bond donors (Lipinski definition) is 1. The number of ether oxygens (including phenoxy) is 3. The number of aliphatic hydroxyl groups is 1. The van der Waals surface area contributed by atoms with Gasteiger partial charge in [0.2, 0.25) is 0 Å². The Morgan fingerprint density at radius 3 is 2.29 bits per heavy atom. The minimum Gasteiger partial charge on any atom is -0.507 e. The van der Waals surface area contributed by atoms with Crippen molar-refractivity contribution in [3.63, 3.8) is 0 Å². The summed E-state index contributed by atoms with van der Waals surface area (Å²) >= 11 is 0. The predicted molar refractivity (Wildman–Crippen MR) is 129 cm³/mol. The van der Waals surface area contributed by atoms with E-state index in [0.717, 1.165) is 12.1 Å². The first-order chi connectivity index (χ1) is 16.2. The third-order valence-electron chi connectivity index (χ3n) is 5.95. The minimum atomic E-state index is -0.801. The third kappa shape index (κ3) is 4.87. The molecule has 1 unspecified atom stereocenters. The van der Waals surface area contributed by atoms with Gasteiger partial charge in [0, 0.05) is 23.7 Å². The van der Waals surface area contributed by atoms with Crippen LogP contribution in [0, 0.1) is 6.92 Å².